The summed E-state index contributed by atoms with van der Waals surface area (Å²) in [6, 6.07) is 7.85. The van der Waals surface area contributed by atoms with E-state index >= 15 is 0 Å². The molecule has 0 aliphatic carbocycles. The Bertz CT molecular complexity index is 554. The second-order valence-corrected chi connectivity index (χ2v) is 7.34. The highest BCUT2D eigenvalue weighted by molar-refractivity contribution is 7.91. The van der Waals surface area contributed by atoms with Crippen molar-refractivity contribution in [3.8, 4) is 5.75 Å². The van der Waals surface area contributed by atoms with E-state index in [2.05, 4.69) is 11.9 Å². The van der Waals surface area contributed by atoms with E-state index in [1.54, 1.807) is 6.08 Å². The zero-order valence-corrected chi connectivity index (χ0v) is 12.4. The van der Waals surface area contributed by atoms with Crippen LogP contribution in [0.15, 0.2) is 36.9 Å². The summed E-state index contributed by atoms with van der Waals surface area (Å²) in [6.45, 7) is 5.54. The highest BCUT2D eigenvalue weighted by atomic mass is 32.2. The van der Waals surface area contributed by atoms with E-state index in [-0.39, 0.29) is 5.92 Å². The van der Waals surface area contributed by atoms with Gasteiger partial charge in [-0.15, -0.1) is 0 Å². The van der Waals surface area contributed by atoms with Gasteiger partial charge < -0.3 is 10.1 Å². The number of hydrogen-bond donors (Lipinski definition) is 1. The first-order chi connectivity index (χ1) is 9.61. The van der Waals surface area contributed by atoms with Crippen LogP contribution in [0.2, 0.25) is 0 Å². The second-order valence-electron chi connectivity index (χ2n) is 5.11. The number of para-hydroxylation sites is 1. The van der Waals surface area contributed by atoms with Crippen molar-refractivity contribution in [1.82, 2.24) is 5.32 Å². The summed E-state index contributed by atoms with van der Waals surface area (Å²) in [5.74, 6) is 1.73. The van der Waals surface area contributed by atoms with Gasteiger partial charge in [0, 0.05) is 12.1 Å². The molecule has 0 saturated carbocycles. The van der Waals surface area contributed by atoms with Crippen LogP contribution >= 0.6 is 0 Å². The Labute approximate surface area is 120 Å². The smallest absolute Gasteiger partial charge is 0.150 e. The predicted octanol–water partition coefficient (Wildman–Crippen LogP) is 1.78. The largest absolute Gasteiger partial charge is 0.489 e. The molecular formula is C15H21NO3S. The molecule has 5 heteroatoms. The van der Waals surface area contributed by atoms with Crippen LogP contribution in [0.1, 0.15) is 12.0 Å². The van der Waals surface area contributed by atoms with Gasteiger partial charge in [0.05, 0.1) is 11.5 Å². The molecule has 0 bridgehead atoms. The third-order valence-electron chi connectivity index (χ3n) is 3.40. The van der Waals surface area contributed by atoms with Crippen molar-refractivity contribution in [3.63, 3.8) is 0 Å². The van der Waals surface area contributed by atoms with Crippen LogP contribution in [0.5, 0.6) is 5.75 Å². The van der Waals surface area contributed by atoms with Crippen molar-refractivity contribution in [3.05, 3.63) is 42.5 Å². The van der Waals surface area contributed by atoms with Gasteiger partial charge in [0.1, 0.15) is 12.4 Å². The minimum absolute atomic E-state index is 0.237. The summed E-state index contributed by atoms with van der Waals surface area (Å²) < 4.78 is 28.4. The molecule has 1 aromatic rings. The fourth-order valence-corrected chi connectivity index (χ4v) is 4.25. The zero-order valence-electron chi connectivity index (χ0n) is 11.5. The number of benzene rings is 1. The summed E-state index contributed by atoms with van der Waals surface area (Å²) in [4.78, 5) is 0. The van der Waals surface area contributed by atoms with Crippen molar-refractivity contribution in [2.24, 2.45) is 5.92 Å². The summed E-state index contributed by atoms with van der Waals surface area (Å²) in [5.41, 5.74) is 1.08. The Kier molecular flexibility index (Phi) is 5.20. The monoisotopic (exact) mass is 295 g/mol. The molecule has 1 aliphatic rings. The molecule has 0 amide bonds. The summed E-state index contributed by atoms with van der Waals surface area (Å²) in [7, 11) is -2.79. The molecule has 0 radical (unpaired) electrons. The Morgan fingerprint density at radius 3 is 2.90 bits per heavy atom. The number of nitrogens with one attached hydrogen (secondary N) is 1. The van der Waals surface area contributed by atoms with Crippen LogP contribution < -0.4 is 10.1 Å². The predicted molar refractivity (Wildman–Crippen MR) is 80.6 cm³/mol. The topological polar surface area (TPSA) is 55.4 Å². The van der Waals surface area contributed by atoms with Gasteiger partial charge in [-0.25, -0.2) is 8.42 Å². The average Bonchev–Trinajstić information content (AvgIpc) is 2.77. The zero-order chi connectivity index (χ0) is 14.4. The maximum Gasteiger partial charge on any atom is 0.150 e. The van der Waals surface area contributed by atoms with Gasteiger partial charge in [-0.3, -0.25) is 0 Å². The van der Waals surface area contributed by atoms with E-state index in [4.69, 9.17) is 4.74 Å². The SMILES string of the molecule is C=CCOc1ccccc1CNCC1CCS(=O)(=O)C1. The van der Waals surface area contributed by atoms with Crippen molar-refractivity contribution in [2.75, 3.05) is 24.7 Å². The van der Waals surface area contributed by atoms with Crippen LogP contribution in [-0.2, 0) is 16.4 Å². The molecule has 20 heavy (non-hydrogen) atoms. The van der Waals surface area contributed by atoms with Gasteiger partial charge in [-0.05, 0) is 24.9 Å². The van der Waals surface area contributed by atoms with Crippen molar-refractivity contribution in [2.45, 2.75) is 13.0 Å². The molecule has 0 aromatic heterocycles. The van der Waals surface area contributed by atoms with E-state index in [9.17, 15) is 8.42 Å². The molecule has 1 fully saturated rings. The molecule has 1 aliphatic heterocycles. The molecule has 4 nitrogen and oxygen atoms in total. The van der Waals surface area contributed by atoms with Gasteiger partial charge in [-0.1, -0.05) is 30.9 Å². The lowest BCUT2D eigenvalue weighted by Gasteiger charge is -2.13. The van der Waals surface area contributed by atoms with Crippen LogP contribution in [-0.4, -0.2) is 33.1 Å². The van der Waals surface area contributed by atoms with Crippen LogP contribution in [0.25, 0.3) is 0 Å². The quantitative estimate of drug-likeness (QED) is 0.779. The Morgan fingerprint density at radius 1 is 1.40 bits per heavy atom. The normalized spacial score (nSPS) is 20.7. The number of hydrogen-bond acceptors (Lipinski definition) is 4. The van der Waals surface area contributed by atoms with E-state index in [0.717, 1.165) is 24.3 Å². The van der Waals surface area contributed by atoms with Gasteiger partial charge in [0.25, 0.3) is 0 Å². The molecule has 2 rings (SSSR count). The molecule has 0 spiro atoms. The molecular weight excluding hydrogens is 274 g/mol. The summed E-state index contributed by atoms with van der Waals surface area (Å²) in [6.07, 6.45) is 2.48. The minimum atomic E-state index is -2.79. The summed E-state index contributed by atoms with van der Waals surface area (Å²) >= 11 is 0. The lowest BCUT2D eigenvalue weighted by atomic mass is 10.1. The Morgan fingerprint density at radius 2 is 2.20 bits per heavy atom. The van der Waals surface area contributed by atoms with Crippen molar-refractivity contribution in [1.29, 1.82) is 0 Å². The van der Waals surface area contributed by atoms with E-state index in [1.807, 2.05) is 24.3 Å². The maximum absolute atomic E-state index is 11.4. The first-order valence-electron chi connectivity index (χ1n) is 6.83. The average molecular weight is 295 g/mol. The van der Waals surface area contributed by atoms with E-state index in [1.165, 1.54) is 0 Å². The van der Waals surface area contributed by atoms with Crippen molar-refractivity contribution < 1.29 is 13.2 Å². The van der Waals surface area contributed by atoms with Gasteiger partial charge in [-0.2, -0.15) is 0 Å². The number of ether oxygens (including phenoxy) is 1. The first-order valence-corrected chi connectivity index (χ1v) is 8.65. The number of rotatable bonds is 7. The van der Waals surface area contributed by atoms with Crippen LogP contribution in [0.3, 0.4) is 0 Å². The third kappa shape index (κ3) is 4.35. The Balaban J connectivity index is 1.83. The first kappa shape index (κ1) is 15.1. The molecule has 1 unspecified atom stereocenters. The fraction of sp³-hybridized carbons (Fsp3) is 0.467. The number of sulfone groups is 1. The van der Waals surface area contributed by atoms with Crippen LogP contribution in [0, 0.1) is 5.92 Å². The molecule has 1 heterocycles. The van der Waals surface area contributed by atoms with E-state index < -0.39 is 9.84 Å². The summed E-state index contributed by atoms with van der Waals surface area (Å²) in [5, 5.41) is 3.33. The lowest BCUT2D eigenvalue weighted by Crippen LogP contribution is -2.23. The fourth-order valence-electron chi connectivity index (χ4n) is 2.38. The highest BCUT2D eigenvalue weighted by Crippen LogP contribution is 2.19. The van der Waals surface area contributed by atoms with Gasteiger partial charge >= 0.3 is 0 Å². The second kappa shape index (κ2) is 6.90. The molecule has 1 N–H and O–H groups in total. The van der Waals surface area contributed by atoms with E-state index in [0.29, 0.717) is 24.7 Å². The molecule has 110 valence electrons. The molecule has 1 atom stereocenters. The van der Waals surface area contributed by atoms with Gasteiger partial charge in [0.15, 0.2) is 9.84 Å². The highest BCUT2D eigenvalue weighted by Gasteiger charge is 2.27. The minimum Gasteiger partial charge on any atom is -0.489 e. The molecule has 1 saturated heterocycles. The van der Waals surface area contributed by atoms with Gasteiger partial charge in [0.2, 0.25) is 0 Å². The maximum atomic E-state index is 11.4. The van der Waals surface area contributed by atoms with Crippen molar-refractivity contribution >= 4 is 9.84 Å². The molecule has 1 aromatic carbocycles. The lowest BCUT2D eigenvalue weighted by molar-refractivity contribution is 0.357. The van der Waals surface area contributed by atoms with Crippen LogP contribution in [0.4, 0.5) is 0 Å². The Hall–Kier alpha value is -1.33. The third-order valence-corrected chi connectivity index (χ3v) is 5.24. The standard InChI is InChI=1S/C15H21NO3S/c1-2-8-19-15-6-4-3-5-14(15)11-16-10-13-7-9-20(17,18)12-13/h2-6,13,16H,1,7-12H2.